The molecule has 6 heteroatoms. The van der Waals surface area contributed by atoms with Gasteiger partial charge in [-0.15, -0.1) is 0 Å². The molecular formula is C18H38NNaO4. The molecule has 0 aromatic carbocycles. The Morgan fingerprint density at radius 3 is 1.50 bits per heavy atom. The Balaban J connectivity index is -0.000000639. The van der Waals surface area contributed by atoms with E-state index >= 15 is 0 Å². The van der Waals surface area contributed by atoms with Crippen LogP contribution >= 0.6 is 0 Å². The van der Waals surface area contributed by atoms with Crippen LogP contribution in [-0.2, 0) is 9.59 Å². The molecule has 0 saturated carbocycles. The number of nitrogens with one attached hydrogen (secondary N) is 1. The first kappa shape index (κ1) is 28.7. The van der Waals surface area contributed by atoms with Crippen LogP contribution < -0.4 is 5.32 Å². The Bertz CT molecular complexity index is 276. The molecule has 140 valence electrons. The van der Waals surface area contributed by atoms with Crippen LogP contribution in [0.15, 0.2) is 0 Å². The molecule has 0 unspecified atom stereocenters. The van der Waals surface area contributed by atoms with Gasteiger partial charge in [0, 0.05) is 13.0 Å². The average molecular weight is 355 g/mol. The first-order chi connectivity index (χ1) is 11.0. The van der Waals surface area contributed by atoms with Gasteiger partial charge in [-0.1, -0.05) is 71.6 Å². The van der Waals surface area contributed by atoms with Gasteiger partial charge in [0.15, 0.2) is 0 Å². The topological polar surface area (TPSA) is 86.6 Å². The zero-order chi connectivity index (χ0) is 17.8. The summed E-state index contributed by atoms with van der Waals surface area (Å²) in [6, 6.07) is 0. The van der Waals surface area contributed by atoms with E-state index in [1.165, 1.54) is 64.2 Å². The molecule has 24 heavy (non-hydrogen) atoms. The summed E-state index contributed by atoms with van der Waals surface area (Å²) in [5.41, 5.74) is 0. The molecule has 0 amide bonds. The number of hydrogen-bond acceptors (Lipinski definition) is 3. The average Bonchev–Trinajstić information content (AvgIpc) is 2.52. The van der Waals surface area contributed by atoms with Gasteiger partial charge in [-0.25, -0.2) is 0 Å². The van der Waals surface area contributed by atoms with Crippen molar-refractivity contribution in [2.24, 2.45) is 0 Å². The van der Waals surface area contributed by atoms with E-state index in [1.54, 1.807) is 6.92 Å². The number of rotatable bonds is 15. The molecule has 0 saturated heterocycles. The third-order valence-corrected chi connectivity index (χ3v) is 3.53. The van der Waals surface area contributed by atoms with E-state index in [0.717, 1.165) is 6.54 Å². The molecule has 0 heterocycles. The zero-order valence-corrected chi connectivity index (χ0v) is 15.1. The van der Waals surface area contributed by atoms with E-state index in [0.29, 0.717) is 6.54 Å². The van der Waals surface area contributed by atoms with Crippen LogP contribution in [-0.4, -0.2) is 64.8 Å². The first-order valence-electron chi connectivity index (χ1n) is 9.18. The fourth-order valence-corrected chi connectivity index (χ4v) is 2.06. The quantitative estimate of drug-likeness (QED) is 0.307. The van der Waals surface area contributed by atoms with Crippen LogP contribution in [0.25, 0.3) is 0 Å². The molecule has 0 aliphatic heterocycles. The van der Waals surface area contributed by atoms with Crippen LogP contribution in [0.2, 0.25) is 0 Å². The molecule has 0 rings (SSSR count). The van der Waals surface area contributed by atoms with Gasteiger partial charge in [-0.2, -0.15) is 0 Å². The van der Waals surface area contributed by atoms with E-state index in [4.69, 9.17) is 10.2 Å². The second-order valence-electron chi connectivity index (χ2n) is 5.82. The van der Waals surface area contributed by atoms with Crippen molar-refractivity contribution in [2.75, 3.05) is 13.1 Å². The summed E-state index contributed by atoms with van der Waals surface area (Å²) in [5.74, 6) is -1.46. The SMILES string of the molecule is CCC(=O)O.CCCCCCCCCCCCNCCC(=O)O.[NaH]. The Morgan fingerprint density at radius 1 is 0.708 bits per heavy atom. The predicted octanol–water partition coefficient (Wildman–Crippen LogP) is 3.80. The fraction of sp³-hybridized carbons (Fsp3) is 0.889. The summed E-state index contributed by atoms with van der Waals surface area (Å²) >= 11 is 0. The number of carboxylic acid groups (broad SMARTS) is 2. The third-order valence-electron chi connectivity index (χ3n) is 3.53. The molecule has 3 N–H and O–H groups in total. The molecular weight excluding hydrogens is 317 g/mol. The van der Waals surface area contributed by atoms with Crippen molar-refractivity contribution in [3.05, 3.63) is 0 Å². The molecule has 0 aliphatic carbocycles. The van der Waals surface area contributed by atoms with Crippen molar-refractivity contribution in [1.82, 2.24) is 5.32 Å². The molecule has 0 atom stereocenters. The minimum absolute atomic E-state index is 0. The molecule has 0 aromatic rings. The monoisotopic (exact) mass is 355 g/mol. The summed E-state index contributed by atoms with van der Waals surface area (Å²) < 4.78 is 0. The molecule has 0 radical (unpaired) electrons. The van der Waals surface area contributed by atoms with Crippen LogP contribution in [0.3, 0.4) is 0 Å². The predicted molar refractivity (Wildman–Crippen MR) is 102 cm³/mol. The summed E-state index contributed by atoms with van der Waals surface area (Å²) in [6.45, 7) is 5.42. The molecule has 0 aromatic heterocycles. The van der Waals surface area contributed by atoms with Gasteiger partial charge < -0.3 is 15.5 Å². The van der Waals surface area contributed by atoms with Gasteiger partial charge in [0.1, 0.15) is 0 Å². The number of unbranched alkanes of at least 4 members (excludes halogenated alkanes) is 9. The molecule has 5 nitrogen and oxygen atoms in total. The number of carbonyl (C=O) groups is 2. The second-order valence-corrected chi connectivity index (χ2v) is 5.82. The molecule has 0 aliphatic rings. The van der Waals surface area contributed by atoms with Gasteiger partial charge in [0.05, 0.1) is 6.42 Å². The number of hydrogen-bond donors (Lipinski definition) is 3. The van der Waals surface area contributed by atoms with E-state index in [1.807, 2.05) is 0 Å². The van der Waals surface area contributed by atoms with Crippen LogP contribution in [0, 0.1) is 0 Å². The van der Waals surface area contributed by atoms with Crippen LogP contribution in [0.1, 0.15) is 90.9 Å². The summed E-state index contributed by atoms with van der Waals surface area (Å²) in [6.07, 6.45) is 13.9. The van der Waals surface area contributed by atoms with Crippen LogP contribution in [0.5, 0.6) is 0 Å². The van der Waals surface area contributed by atoms with Crippen molar-refractivity contribution in [1.29, 1.82) is 0 Å². The summed E-state index contributed by atoms with van der Waals surface area (Å²) in [5, 5.41) is 19.3. The Kier molecular flexibility index (Phi) is 30.1. The minimum atomic E-state index is -0.745. The van der Waals surface area contributed by atoms with Crippen molar-refractivity contribution in [2.45, 2.75) is 90.9 Å². The molecule has 0 bridgehead atoms. The third kappa shape index (κ3) is 33.5. The summed E-state index contributed by atoms with van der Waals surface area (Å²) in [4.78, 5) is 19.6. The van der Waals surface area contributed by atoms with Crippen molar-refractivity contribution in [3.8, 4) is 0 Å². The van der Waals surface area contributed by atoms with Crippen molar-refractivity contribution < 1.29 is 19.8 Å². The Hall–Kier alpha value is -0.100. The maximum atomic E-state index is 10.3. The van der Waals surface area contributed by atoms with Gasteiger partial charge in [-0.05, 0) is 13.0 Å². The Morgan fingerprint density at radius 2 is 1.12 bits per heavy atom. The normalized spacial score (nSPS) is 9.58. The molecule has 0 fully saturated rings. The Labute approximate surface area is 170 Å². The first-order valence-corrected chi connectivity index (χ1v) is 9.18. The van der Waals surface area contributed by atoms with Gasteiger partial charge in [0.2, 0.25) is 0 Å². The molecule has 0 spiro atoms. The maximum absolute atomic E-state index is 10.3. The van der Waals surface area contributed by atoms with Crippen LogP contribution in [0.4, 0.5) is 0 Å². The van der Waals surface area contributed by atoms with E-state index < -0.39 is 11.9 Å². The number of carboxylic acids is 2. The van der Waals surface area contributed by atoms with Gasteiger partial charge in [-0.3, -0.25) is 9.59 Å². The standard InChI is InChI=1S/C15H31NO2.C3H6O2.Na.H/c1-2-3-4-5-6-7-8-9-10-11-13-16-14-12-15(17)18;1-2-3(4)5;;/h16H,2-14H2,1H3,(H,17,18);2H2,1H3,(H,4,5);;. The fourth-order valence-electron chi connectivity index (χ4n) is 2.06. The summed E-state index contributed by atoms with van der Waals surface area (Å²) in [7, 11) is 0. The zero-order valence-electron chi connectivity index (χ0n) is 15.1. The van der Waals surface area contributed by atoms with Gasteiger partial charge in [0.25, 0.3) is 0 Å². The van der Waals surface area contributed by atoms with E-state index in [2.05, 4.69) is 12.2 Å². The van der Waals surface area contributed by atoms with Crippen molar-refractivity contribution in [3.63, 3.8) is 0 Å². The number of aliphatic carboxylic acids is 2. The second kappa shape index (κ2) is 25.1. The van der Waals surface area contributed by atoms with Crippen molar-refractivity contribution >= 4 is 41.5 Å². The van der Waals surface area contributed by atoms with E-state index in [9.17, 15) is 9.59 Å². The van der Waals surface area contributed by atoms with E-state index in [-0.39, 0.29) is 42.4 Å². The van der Waals surface area contributed by atoms with Gasteiger partial charge >= 0.3 is 41.5 Å².